The zero-order valence-electron chi connectivity index (χ0n) is 7.00. The Hall–Kier alpha value is -0.510. The van der Waals surface area contributed by atoms with E-state index in [4.69, 9.17) is 0 Å². The fourth-order valence-corrected chi connectivity index (χ4v) is 1.37. The molecule has 0 saturated heterocycles. The molecule has 1 aromatic carbocycles. The maximum atomic E-state index is 2.18. The Kier molecular flexibility index (Phi) is 3.14. The second kappa shape index (κ2) is 3.94. The minimum atomic E-state index is 0. The topological polar surface area (TPSA) is 3.24 Å². The van der Waals surface area contributed by atoms with Crippen LogP contribution in [-0.2, 0) is 6.54 Å². The molecule has 2 heteroatoms. The Morgan fingerprint density at radius 3 is 2.83 bits per heavy atom. The molecule has 0 saturated carbocycles. The summed E-state index contributed by atoms with van der Waals surface area (Å²) >= 11 is 0. The summed E-state index contributed by atoms with van der Waals surface area (Å²) in [5, 5.41) is 0. The summed E-state index contributed by atoms with van der Waals surface area (Å²) in [6.07, 6.45) is 4.27. The predicted molar refractivity (Wildman–Crippen MR) is 46.9 cm³/mol. The van der Waals surface area contributed by atoms with Crippen molar-refractivity contribution in [1.29, 1.82) is 0 Å². The third-order valence-corrected chi connectivity index (χ3v) is 1.98. The summed E-state index contributed by atoms with van der Waals surface area (Å²) in [7, 11) is 2.09. The standard InChI is InChI=1S/C10H11N.HI/c1-11-7-6-9-4-2-3-5-10(9)8-11;/h2-7H,8H2,1H3;1H/p-1. The van der Waals surface area contributed by atoms with Crippen molar-refractivity contribution in [3.63, 3.8) is 0 Å². The van der Waals surface area contributed by atoms with Crippen molar-refractivity contribution in [3.8, 4) is 0 Å². The van der Waals surface area contributed by atoms with Gasteiger partial charge in [-0.15, -0.1) is 0 Å². The van der Waals surface area contributed by atoms with Gasteiger partial charge in [0.25, 0.3) is 0 Å². The van der Waals surface area contributed by atoms with E-state index in [2.05, 4.69) is 48.5 Å². The number of benzene rings is 1. The van der Waals surface area contributed by atoms with Crippen LogP contribution in [0.2, 0.25) is 0 Å². The summed E-state index contributed by atoms with van der Waals surface area (Å²) in [6.45, 7) is 1.03. The van der Waals surface area contributed by atoms with E-state index in [1.807, 2.05) is 0 Å². The number of rotatable bonds is 0. The third-order valence-electron chi connectivity index (χ3n) is 1.98. The van der Waals surface area contributed by atoms with E-state index >= 15 is 0 Å². The predicted octanol–water partition coefficient (Wildman–Crippen LogP) is -0.893. The Labute approximate surface area is 90.1 Å². The van der Waals surface area contributed by atoms with Crippen LogP contribution in [0.15, 0.2) is 30.5 Å². The fraction of sp³-hybridized carbons (Fsp3) is 0.200. The number of nitrogens with zero attached hydrogens (tertiary/aromatic N) is 1. The molecule has 1 aliphatic heterocycles. The van der Waals surface area contributed by atoms with Crippen LogP contribution in [0.3, 0.4) is 0 Å². The first-order valence-corrected chi connectivity index (χ1v) is 3.82. The van der Waals surface area contributed by atoms with Crippen LogP contribution in [-0.4, -0.2) is 11.9 Å². The quantitative estimate of drug-likeness (QED) is 0.554. The highest BCUT2D eigenvalue weighted by atomic mass is 127. The van der Waals surface area contributed by atoms with Crippen LogP contribution in [0.1, 0.15) is 11.1 Å². The molecule has 12 heavy (non-hydrogen) atoms. The molecule has 0 fully saturated rings. The summed E-state index contributed by atoms with van der Waals surface area (Å²) in [4.78, 5) is 2.18. The van der Waals surface area contributed by atoms with E-state index in [0.29, 0.717) is 0 Å². The van der Waals surface area contributed by atoms with Gasteiger partial charge >= 0.3 is 0 Å². The first-order chi connectivity index (χ1) is 5.36. The molecule has 0 bridgehead atoms. The summed E-state index contributed by atoms with van der Waals surface area (Å²) in [5.74, 6) is 0. The third kappa shape index (κ3) is 1.80. The molecule has 0 atom stereocenters. The molecule has 0 aromatic heterocycles. The van der Waals surface area contributed by atoms with Crippen LogP contribution >= 0.6 is 0 Å². The van der Waals surface area contributed by atoms with Crippen LogP contribution in [0.4, 0.5) is 0 Å². The van der Waals surface area contributed by atoms with Gasteiger partial charge in [-0.25, -0.2) is 0 Å². The normalized spacial score (nSPS) is 13.6. The zero-order valence-corrected chi connectivity index (χ0v) is 9.15. The van der Waals surface area contributed by atoms with Crippen molar-refractivity contribution in [2.75, 3.05) is 7.05 Å². The number of hydrogen-bond acceptors (Lipinski definition) is 1. The molecule has 0 aliphatic carbocycles. The molecule has 0 radical (unpaired) electrons. The number of hydrogen-bond donors (Lipinski definition) is 0. The Morgan fingerprint density at radius 1 is 1.25 bits per heavy atom. The minimum absolute atomic E-state index is 0. The van der Waals surface area contributed by atoms with E-state index in [9.17, 15) is 0 Å². The van der Waals surface area contributed by atoms with E-state index in [0.717, 1.165) is 6.54 Å². The average Bonchev–Trinajstić information content (AvgIpc) is 2.04. The SMILES string of the molecule is CN1C=Cc2ccccc2C1.[I-]. The summed E-state index contributed by atoms with van der Waals surface area (Å²) < 4.78 is 0. The second-order valence-electron chi connectivity index (χ2n) is 2.93. The van der Waals surface area contributed by atoms with Gasteiger partial charge in [0.1, 0.15) is 0 Å². The minimum Gasteiger partial charge on any atom is -1.00 e. The van der Waals surface area contributed by atoms with Crippen molar-refractivity contribution < 1.29 is 24.0 Å². The van der Waals surface area contributed by atoms with E-state index in [-0.39, 0.29) is 24.0 Å². The highest BCUT2D eigenvalue weighted by Gasteiger charge is 2.04. The van der Waals surface area contributed by atoms with Gasteiger partial charge < -0.3 is 28.9 Å². The van der Waals surface area contributed by atoms with Gasteiger partial charge in [-0.2, -0.15) is 0 Å². The lowest BCUT2D eigenvalue weighted by molar-refractivity contribution is -0.00000222. The molecule has 1 nitrogen and oxygen atoms in total. The average molecular weight is 272 g/mol. The van der Waals surface area contributed by atoms with Gasteiger partial charge in [-0.05, 0) is 23.4 Å². The van der Waals surface area contributed by atoms with Crippen LogP contribution < -0.4 is 24.0 Å². The molecule has 2 rings (SSSR count). The highest BCUT2D eigenvalue weighted by Crippen LogP contribution is 2.17. The molecular weight excluding hydrogens is 261 g/mol. The van der Waals surface area contributed by atoms with Gasteiger partial charge in [0.2, 0.25) is 0 Å². The van der Waals surface area contributed by atoms with Crippen molar-refractivity contribution in [3.05, 3.63) is 41.6 Å². The number of fused-ring (bicyclic) bond motifs is 1. The first-order valence-electron chi connectivity index (χ1n) is 3.82. The number of halogens is 1. The largest absolute Gasteiger partial charge is 1.00 e. The Morgan fingerprint density at radius 2 is 2.00 bits per heavy atom. The lowest BCUT2D eigenvalue weighted by Gasteiger charge is -2.20. The lowest BCUT2D eigenvalue weighted by atomic mass is 10.1. The van der Waals surface area contributed by atoms with Crippen molar-refractivity contribution in [2.45, 2.75) is 6.54 Å². The highest BCUT2D eigenvalue weighted by molar-refractivity contribution is 5.55. The fourth-order valence-electron chi connectivity index (χ4n) is 1.37. The molecule has 0 spiro atoms. The molecule has 0 unspecified atom stereocenters. The molecule has 1 aliphatic rings. The van der Waals surface area contributed by atoms with Gasteiger partial charge in [0.05, 0.1) is 0 Å². The van der Waals surface area contributed by atoms with Gasteiger partial charge in [0, 0.05) is 13.6 Å². The van der Waals surface area contributed by atoms with Gasteiger partial charge in [-0.1, -0.05) is 24.3 Å². The maximum Gasteiger partial charge on any atom is 0.0426 e. The van der Waals surface area contributed by atoms with E-state index in [1.165, 1.54) is 11.1 Å². The van der Waals surface area contributed by atoms with E-state index in [1.54, 1.807) is 0 Å². The second-order valence-corrected chi connectivity index (χ2v) is 2.93. The van der Waals surface area contributed by atoms with Crippen LogP contribution in [0.25, 0.3) is 6.08 Å². The zero-order chi connectivity index (χ0) is 7.68. The first kappa shape index (κ1) is 9.58. The maximum absolute atomic E-state index is 2.18. The molecular formula is C10H11IN-. The summed E-state index contributed by atoms with van der Waals surface area (Å²) in [5.41, 5.74) is 2.77. The molecule has 0 amide bonds. The molecule has 0 N–H and O–H groups in total. The van der Waals surface area contributed by atoms with Crippen molar-refractivity contribution >= 4 is 6.08 Å². The summed E-state index contributed by atoms with van der Waals surface area (Å²) in [6, 6.07) is 8.49. The van der Waals surface area contributed by atoms with Gasteiger partial charge in [0.15, 0.2) is 0 Å². The smallest absolute Gasteiger partial charge is 0.0426 e. The molecule has 64 valence electrons. The Bertz CT molecular complexity index is 294. The lowest BCUT2D eigenvalue weighted by Crippen LogP contribution is -3.00. The van der Waals surface area contributed by atoms with Crippen LogP contribution in [0.5, 0.6) is 0 Å². The van der Waals surface area contributed by atoms with E-state index < -0.39 is 0 Å². The van der Waals surface area contributed by atoms with Crippen molar-refractivity contribution in [2.24, 2.45) is 0 Å². The van der Waals surface area contributed by atoms with Crippen LogP contribution in [0, 0.1) is 0 Å². The molecule has 1 aromatic rings. The monoisotopic (exact) mass is 272 g/mol. The van der Waals surface area contributed by atoms with Gasteiger partial charge in [-0.3, -0.25) is 0 Å². The Balaban J connectivity index is 0.000000720. The van der Waals surface area contributed by atoms with Crippen molar-refractivity contribution in [1.82, 2.24) is 4.90 Å². The molecule has 1 heterocycles.